The molecule has 0 aromatic heterocycles. The first kappa shape index (κ1) is 35.6. The Bertz CT molecular complexity index is 1350. The number of piperidine rings is 1. The molecule has 6 rings (SSSR count). The summed E-state index contributed by atoms with van der Waals surface area (Å²) in [5.74, 6) is 2.77. The molecule has 1 saturated heterocycles. The molecule has 0 spiro atoms. The molecule has 5 aliphatic carbocycles. The quantitative estimate of drug-likeness (QED) is 0.245. The van der Waals surface area contributed by atoms with Crippen molar-refractivity contribution in [2.24, 2.45) is 45.8 Å². The molecular weight excluding hydrogens is 605 g/mol. The highest BCUT2D eigenvalue weighted by Crippen LogP contribution is 2.75. The van der Waals surface area contributed by atoms with E-state index < -0.39 is 15.8 Å². The van der Waals surface area contributed by atoms with Gasteiger partial charge < -0.3 is 15.3 Å². The summed E-state index contributed by atoms with van der Waals surface area (Å²) < 4.78 is 24.1. The average Bonchev–Trinajstić information content (AvgIpc) is 3.44. The molecule has 2 N–H and O–H groups in total. The van der Waals surface area contributed by atoms with Crippen LogP contribution in [0.3, 0.4) is 0 Å². The molecule has 7 unspecified atom stereocenters. The van der Waals surface area contributed by atoms with Crippen LogP contribution in [0.25, 0.3) is 0 Å². The number of likely N-dealkylation sites (tertiary alicyclic amines) is 1. The third kappa shape index (κ3) is 6.13. The Kier molecular flexibility index (Phi) is 9.99. The topological polar surface area (TPSA) is 86.7 Å². The van der Waals surface area contributed by atoms with Gasteiger partial charge >= 0.3 is 5.97 Å². The lowest BCUT2D eigenvalue weighted by Crippen LogP contribution is -2.67. The van der Waals surface area contributed by atoms with E-state index in [-0.39, 0.29) is 17.2 Å². The monoisotopic (exact) mass is 670 g/mol. The van der Waals surface area contributed by atoms with Crippen molar-refractivity contribution in [2.75, 3.05) is 32.4 Å². The predicted octanol–water partition coefficient (Wildman–Crippen LogP) is 8.04. The first-order chi connectivity index (χ1) is 22.2. The molecule has 6 aliphatic rings. The molecule has 0 bridgehead atoms. The summed E-state index contributed by atoms with van der Waals surface area (Å²) in [6.07, 6.45) is 22.9. The lowest BCUT2D eigenvalue weighted by atomic mass is 9.34. The Hall–Kier alpha value is -1.18. The number of rotatable bonds is 10. The van der Waals surface area contributed by atoms with Crippen molar-refractivity contribution in [1.82, 2.24) is 10.2 Å². The molecule has 1 heterocycles. The second-order valence-electron chi connectivity index (χ2n) is 17.9. The summed E-state index contributed by atoms with van der Waals surface area (Å²) in [5.41, 5.74) is 4.08. The summed E-state index contributed by atoms with van der Waals surface area (Å²) >= 11 is 0. The van der Waals surface area contributed by atoms with Crippen LogP contribution in [0.15, 0.2) is 23.3 Å². The van der Waals surface area contributed by atoms with Crippen molar-refractivity contribution in [2.45, 2.75) is 142 Å². The van der Waals surface area contributed by atoms with Crippen LogP contribution < -0.4 is 5.32 Å². The lowest BCUT2D eigenvalue weighted by molar-refractivity contribution is -0.212. The third-order valence-electron chi connectivity index (χ3n) is 16.0. The molecule has 0 radical (unpaired) electrons. The molecule has 9 atom stereocenters. The zero-order valence-electron chi connectivity index (χ0n) is 30.6. The van der Waals surface area contributed by atoms with Gasteiger partial charge in [-0.2, -0.15) is 0 Å². The van der Waals surface area contributed by atoms with Gasteiger partial charge in [0, 0.05) is 31.3 Å². The van der Waals surface area contributed by atoms with Crippen LogP contribution in [0.4, 0.5) is 0 Å². The lowest BCUT2D eigenvalue weighted by Gasteiger charge is -2.71. The number of aliphatic carboxylic acids is 1. The van der Waals surface area contributed by atoms with Crippen LogP contribution in [0, 0.1) is 45.8 Å². The first-order valence-electron chi connectivity index (χ1n) is 19.5. The molecule has 0 amide bonds. The SMILES string of the molecule is CC/C=C(\CCC(=O)O)C1=CCC2(C)C(CCC3(C)C2CCC2[C@H]4CCCC4(NCCN4CCC(S(C)(=O)=O)CC4)CC[C@]23C)C1C. The third-order valence-corrected chi connectivity index (χ3v) is 17.7. The summed E-state index contributed by atoms with van der Waals surface area (Å²) in [5, 5.41) is 13.5. The van der Waals surface area contributed by atoms with Gasteiger partial charge in [0.05, 0.1) is 5.25 Å². The van der Waals surface area contributed by atoms with Crippen LogP contribution in [0.5, 0.6) is 0 Å². The number of carboxylic acid groups (broad SMARTS) is 1. The second kappa shape index (κ2) is 13.2. The van der Waals surface area contributed by atoms with E-state index in [1.54, 1.807) is 0 Å². The van der Waals surface area contributed by atoms with Gasteiger partial charge in [0.25, 0.3) is 0 Å². The molecule has 6 nitrogen and oxygen atoms in total. The fourth-order valence-electron chi connectivity index (χ4n) is 13.4. The number of fused-ring (bicyclic) bond motifs is 7. The van der Waals surface area contributed by atoms with Gasteiger partial charge in [0.1, 0.15) is 9.84 Å². The molecular formula is C40H66N2O4S. The fourth-order valence-corrected chi connectivity index (χ4v) is 14.5. The Balaban J connectivity index is 1.15. The largest absolute Gasteiger partial charge is 0.481 e. The van der Waals surface area contributed by atoms with Crippen LogP contribution in [0.1, 0.15) is 131 Å². The highest BCUT2D eigenvalue weighted by molar-refractivity contribution is 7.91. The van der Waals surface area contributed by atoms with Crippen molar-refractivity contribution >= 4 is 15.8 Å². The van der Waals surface area contributed by atoms with Crippen molar-refractivity contribution in [3.63, 3.8) is 0 Å². The number of allylic oxidation sites excluding steroid dienone is 4. The van der Waals surface area contributed by atoms with Gasteiger partial charge in [0.15, 0.2) is 0 Å². The molecule has 266 valence electrons. The molecule has 0 aromatic rings. The molecule has 1 aliphatic heterocycles. The molecule has 7 heteroatoms. The van der Waals surface area contributed by atoms with E-state index in [1.165, 1.54) is 75.2 Å². The Labute approximate surface area is 286 Å². The fraction of sp³-hybridized carbons (Fsp3) is 0.875. The molecule has 0 aromatic carbocycles. The zero-order valence-corrected chi connectivity index (χ0v) is 31.4. The molecule has 5 fully saturated rings. The maximum Gasteiger partial charge on any atom is 0.303 e. The van der Waals surface area contributed by atoms with Gasteiger partial charge in [-0.1, -0.05) is 53.2 Å². The average molecular weight is 671 g/mol. The van der Waals surface area contributed by atoms with Crippen molar-refractivity contribution in [1.29, 1.82) is 0 Å². The minimum Gasteiger partial charge on any atom is -0.481 e. The van der Waals surface area contributed by atoms with E-state index in [0.29, 0.717) is 34.5 Å². The van der Waals surface area contributed by atoms with Gasteiger partial charge in [-0.15, -0.1) is 0 Å². The Morgan fingerprint density at radius 2 is 1.70 bits per heavy atom. The highest BCUT2D eigenvalue weighted by atomic mass is 32.2. The van der Waals surface area contributed by atoms with Crippen molar-refractivity contribution in [3.05, 3.63) is 23.3 Å². The standard InChI is InChI=1S/C40H66N2O4S/c1-7-9-29(11-14-36(43)44)31-15-20-37(3)32(28(31)2)16-21-39(5)35(37)13-12-33-34-10-8-19-40(34,23-22-38(33,39)4)41-24-27-42-25-17-30(18-26-42)47(6,45)46/h9,15,28,30,32-35,41H,7-8,10-14,16-27H2,1-6H3,(H,43,44)/b29-9+/t28?,32?,33?,34-,35?,37?,38-,39?,40?/m1/s1. The highest BCUT2D eigenvalue weighted by Gasteiger charge is 2.68. The van der Waals surface area contributed by atoms with E-state index in [1.807, 2.05) is 0 Å². The zero-order chi connectivity index (χ0) is 33.8. The Morgan fingerprint density at radius 1 is 0.957 bits per heavy atom. The molecule has 47 heavy (non-hydrogen) atoms. The number of hydrogen-bond donors (Lipinski definition) is 2. The summed E-state index contributed by atoms with van der Waals surface area (Å²) in [4.78, 5) is 14.0. The predicted molar refractivity (Wildman–Crippen MR) is 192 cm³/mol. The van der Waals surface area contributed by atoms with Gasteiger partial charge in [-0.05, 0) is 154 Å². The normalized spacial score (nSPS) is 43.0. The first-order valence-corrected chi connectivity index (χ1v) is 21.4. The van der Waals surface area contributed by atoms with Gasteiger partial charge in [-0.25, -0.2) is 8.42 Å². The number of nitrogens with zero attached hydrogens (tertiary/aromatic N) is 1. The van der Waals surface area contributed by atoms with Gasteiger partial charge in [0.2, 0.25) is 0 Å². The van der Waals surface area contributed by atoms with E-state index in [2.05, 4.69) is 57.0 Å². The maximum absolute atomic E-state index is 12.0. The number of carbonyl (C=O) groups is 1. The summed E-state index contributed by atoms with van der Waals surface area (Å²) in [7, 11) is -2.92. The summed E-state index contributed by atoms with van der Waals surface area (Å²) in [6.45, 7) is 16.6. The smallest absolute Gasteiger partial charge is 0.303 e. The van der Waals surface area contributed by atoms with Crippen LogP contribution >= 0.6 is 0 Å². The minimum atomic E-state index is -2.92. The minimum absolute atomic E-state index is 0.150. The van der Waals surface area contributed by atoms with E-state index in [4.69, 9.17) is 0 Å². The molecule has 4 saturated carbocycles. The number of hydrogen-bond acceptors (Lipinski definition) is 5. The summed E-state index contributed by atoms with van der Waals surface area (Å²) in [6, 6.07) is 0. The van der Waals surface area contributed by atoms with Gasteiger partial charge in [-0.3, -0.25) is 4.79 Å². The van der Waals surface area contributed by atoms with E-state index in [9.17, 15) is 18.3 Å². The second-order valence-corrected chi connectivity index (χ2v) is 20.2. The van der Waals surface area contributed by atoms with E-state index >= 15 is 0 Å². The van der Waals surface area contributed by atoms with Crippen LogP contribution in [-0.2, 0) is 14.6 Å². The number of nitrogens with one attached hydrogen (secondary N) is 1. The van der Waals surface area contributed by atoms with Crippen LogP contribution in [-0.4, -0.2) is 67.6 Å². The van der Waals surface area contributed by atoms with Crippen LogP contribution in [0.2, 0.25) is 0 Å². The van der Waals surface area contributed by atoms with Crippen molar-refractivity contribution < 1.29 is 18.3 Å². The number of carboxylic acids is 1. The van der Waals surface area contributed by atoms with Crippen molar-refractivity contribution in [3.8, 4) is 0 Å². The number of sulfone groups is 1. The Morgan fingerprint density at radius 3 is 2.38 bits per heavy atom. The maximum atomic E-state index is 12.0. The van der Waals surface area contributed by atoms with E-state index in [0.717, 1.165) is 69.6 Å².